The highest BCUT2D eigenvalue weighted by molar-refractivity contribution is 7.92. The number of nitrogens with zero attached hydrogens (tertiary/aromatic N) is 1. The van der Waals surface area contributed by atoms with E-state index in [0.717, 1.165) is 12.1 Å². The highest BCUT2D eigenvalue weighted by atomic mass is 32.2. The van der Waals surface area contributed by atoms with Crippen molar-refractivity contribution in [1.82, 2.24) is 15.3 Å². The van der Waals surface area contributed by atoms with Gasteiger partial charge >= 0.3 is 0 Å². The van der Waals surface area contributed by atoms with Crippen molar-refractivity contribution in [3.63, 3.8) is 0 Å². The van der Waals surface area contributed by atoms with Crippen molar-refractivity contribution in [1.29, 1.82) is 0 Å². The average Bonchev–Trinajstić information content (AvgIpc) is 2.84. The van der Waals surface area contributed by atoms with Crippen molar-refractivity contribution in [2.75, 3.05) is 11.3 Å². The van der Waals surface area contributed by atoms with Crippen LogP contribution >= 0.6 is 0 Å². The van der Waals surface area contributed by atoms with Crippen molar-refractivity contribution in [3.8, 4) is 0 Å². The molecule has 1 aromatic heterocycles. The number of benzene rings is 1. The lowest BCUT2D eigenvalue weighted by atomic mass is 10.2. The third kappa shape index (κ3) is 3.58. The lowest BCUT2D eigenvalue weighted by Gasteiger charge is -2.08. The quantitative estimate of drug-likeness (QED) is 0.755. The molecule has 1 aromatic carbocycles. The van der Waals surface area contributed by atoms with Gasteiger partial charge in [-0.3, -0.25) is 4.72 Å². The van der Waals surface area contributed by atoms with Gasteiger partial charge in [-0.05, 0) is 31.2 Å². The highest BCUT2D eigenvalue weighted by Crippen LogP contribution is 2.16. The Morgan fingerprint density at radius 1 is 1.35 bits per heavy atom. The van der Waals surface area contributed by atoms with Gasteiger partial charge in [0.1, 0.15) is 5.82 Å². The van der Waals surface area contributed by atoms with Crippen LogP contribution in [0.25, 0.3) is 0 Å². The molecule has 108 valence electrons. The third-order valence-corrected chi connectivity index (χ3v) is 4.02. The van der Waals surface area contributed by atoms with E-state index in [-0.39, 0.29) is 5.03 Å². The van der Waals surface area contributed by atoms with Crippen LogP contribution in [0.3, 0.4) is 0 Å². The zero-order valence-corrected chi connectivity index (χ0v) is 12.3. The van der Waals surface area contributed by atoms with Crippen LogP contribution in [0.5, 0.6) is 0 Å². The molecule has 0 aliphatic heterocycles. The molecule has 3 N–H and O–H groups in total. The molecular weight excluding hydrogens is 276 g/mol. The second-order valence-electron chi connectivity index (χ2n) is 4.42. The molecule has 0 spiro atoms. The number of aryl methyl sites for hydroxylation is 1. The number of rotatable bonds is 6. The van der Waals surface area contributed by atoms with E-state index in [1.54, 1.807) is 13.0 Å². The summed E-state index contributed by atoms with van der Waals surface area (Å²) in [6, 6.07) is 7.29. The molecule has 20 heavy (non-hydrogen) atoms. The number of anilines is 1. The maximum Gasteiger partial charge on any atom is 0.278 e. The molecule has 1 heterocycles. The summed E-state index contributed by atoms with van der Waals surface area (Å²) in [5.41, 5.74) is 1.56. The Morgan fingerprint density at radius 2 is 2.15 bits per heavy atom. The summed E-state index contributed by atoms with van der Waals surface area (Å²) in [6.45, 7) is 5.29. The Balaban J connectivity index is 2.17. The van der Waals surface area contributed by atoms with Crippen LogP contribution in [0.1, 0.15) is 18.3 Å². The van der Waals surface area contributed by atoms with Gasteiger partial charge in [0, 0.05) is 12.2 Å². The maximum absolute atomic E-state index is 12.1. The average molecular weight is 294 g/mol. The molecule has 0 aliphatic carbocycles. The number of aromatic nitrogens is 2. The van der Waals surface area contributed by atoms with Crippen molar-refractivity contribution >= 4 is 15.7 Å². The number of aromatic amines is 1. The first kappa shape index (κ1) is 14.5. The largest absolute Gasteiger partial charge is 0.332 e. The van der Waals surface area contributed by atoms with E-state index in [2.05, 4.69) is 20.0 Å². The molecule has 6 nitrogen and oxygen atoms in total. The van der Waals surface area contributed by atoms with E-state index in [4.69, 9.17) is 0 Å². The van der Waals surface area contributed by atoms with Gasteiger partial charge in [0.2, 0.25) is 0 Å². The van der Waals surface area contributed by atoms with Crippen LogP contribution in [-0.2, 0) is 16.6 Å². The number of hydrogen-bond donors (Lipinski definition) is 3. The Morgan fingerprint density at radius 3 is 2.80 bits per heavy atom. The zero-order chi connectivity index (χ0) is 14.6. The summed E-state index contributed by atoms with van der Waals surface area (Å²) in [7, 11) is -3.62. The SMILES string of the molecule is CCNCc1cccc(NS(=O)(=O)c2cnc(C)[nH]2)c1. The maximum atomic E-state index is 12.1. The molecule has 0 bridgehead atoms. The minimum Gasteiger partial charge on any atom is -0.332 e. The molecule has 0 unspecified atom stereocenters. The van der Waals surface area contributed by atoms with Crippen LogP contribution in [0.4, 0.5) is 5.69 Å². The summed E-state index contributed by atoms with van der Waals surface area (Å²) >= 11 is 0. The fraction of sp³-hybridized carbons (Fsp3) is 0.308. The summed E-state index contributed by atoms with van der Waals surface area (Å²) < 4.78 is 26.8. The van der Waals surface area contributed by atoms with Crippen LogP contribution in [-0.4, -0.2) is 24.9 Å². The van der Waals surface area contributed by atoms with Crippen LogP contribution in [0, 0.1) is 6.92 Å². The predicted molar refractivity (Wildman–Crippen MR) is 78.0 cm³/mol. The first-order valence-electron chi connectivity index (χ1n) is 6.35. The first-order chi connectivity index (χ1) is 9.51. The Hall–Kier alpha value is -1.86. The molecule has 0 saturated heterocycles. The summed E-state index contributed by atoms with van der Waals surface area (Å²) in [5, 5.41) is 3.26. The van der Waals surface area contributed by atoms with Crippen molar-refractivity contribution in [2.24, 2.45) is 0 Å². The lowest BCUT2D eigenvalue weighted by Crippen LogP contribution is -2.15. The van der Waals surface area contributed by atoms with Gasteiger partial charge in [0.05, 0.1) is 6.20 Å². The monoisotopic (exact) mass is 294 g/mol. The van der Waals surface area contributed by atoms with E-state index < -0.39 is 10.0 Å². The molecule has 0 saturated carbocycles. The van der Waals surface area contributed by atoms with E-state index in [1.165, 1.54) is 6.20 Å². The third-order valence-electron chi connectivity index (χ3n) is 2.73. The molecule has 2 rings (SSSR count). The molecule has 0 aliphatic rings. The van der Waals surface area contributed by atoms with Gasteiger partial charge in [-0.25, -0.2) is 4.98 Å². The van der Waals surface area contributed by atoms with E-state index in [9.17, 15) is 8.42 Å². The predicted octanol–water partition coefficient (Wildman–Crippen LogP) is 1.63. The summed E-state index contributed by atoms with van der Waals surface area (Å²) in [6.07, 6.45) is 1.31. The first-order valence-corrected chi connectivity index (χ1v) is 7.83. The van der Waals surface area contributed by atoms with Crippen LogP contribution in [0.15, 0.2) is 35.5 Å². The van der Waals surface area contributed by atoms with E-state index >= 15 is 0 Å². The molecular formula is C13H18N4O2S. The topological polar surface area (TPSA) is 86.9 Å². The highest BCUT2D eigenvalue weighted by Gasteiger charge is 2.16. The molecule has 0 atom stereocenters. The van der Waals surface area contributed by atoms with Gasteiger partial charge in [0.25, 0.3) is 10.0 Å². The normalized spacial score (nSPS) is 11.5. The number of nitrogens with one attached hydrogen (secondary N) is 3. The lowest BCUT2D eigenvalue weighted by molar-refractivity contribution is 0.598. The molecule has 0 radical (unpaired) electrons. The Kier molecular flexibility index (Phi) is 4.41. The molecule has 7 heteroatoms. The smallest absolute Gasteiger partial charge is 0.278 e. The second-order valence-corrected chi connectivity index (χ2v) is 6.07. The van der Waals surface area contributed by atoms with E-state index in [0.29, 0.717) is 18.1 Å². The number of imidazole rings is 1. The minimum atomic E-state index is -3.62. The van der Waals surface area contributed by atoms with Gasteiger partial charge in [-0.1, -0.05) is 19.1 Å². The van der Waals surface area contributed by atoms with Gasteiger partial charge in [0.15, 0.2) is 5.03 Å². The summed E-state index contributed by atoms with van der Waals surface area (Å²) in [5.74, 6) is 0.561. The number of hydrogen-bond acceptors (Lipinski definition) is 4. The van der Waals surface area contributed by atoms with Crippen molar-refractivity contribution in [2.45, 2.75) is 25.4 Å². The van der Waals surface area contributed by atoms with E-state index in [1.807, 2.05) is 25.1 Å². The van der Waals surface area contributed by atoms with Gasteiger partial charge in [-0.15, -0.1) is 0 Å². The van der Waals surface area contributed by atoms with Crippen LogP contribution < -0.4 is 10.0 Å². The van der Waals surface area contributed by atoms with Gasteiger partial charge < -0.3 is 10.3 Å². The van der Waals surface area contributed by atoms with Gasteiger partial charge in [-0.2, -0.15) is 8.42 Å². The zero-order valence-electron chi connectivity index (χ0n) is 11.5. The van der Waals surface area contributed by atoms with Crippen LogP contribution in [0.2, 0.25) is 0 Å². The second kappa shape index (κ2) is 6.06. The number of H-pyrrole nitrogens is 1. The molecule has 0 amide bonds. The number of sulfonamides is 1. The fourth-order valence-electron chi connectivity index (χ4n) is 1.76. The molecule has 0 fully saturated rings. The minimum absolute atomic E-state index is 0.0621. The van der Waals surface area contributed by atoms with Crippen molar-refractivity contribution in [3.05, 3.63) is 41.9 Å². The fourth-order valence-corrected chi connectivity index (χ4v) is 2.78. The Labute approximate surface area is 118 Å². The van der Waals surface area contributed by atoms with Crippen molar-refractivity contribution < 1.29 is 8.42 Å². The Bertz CT molecular complexity index is 679. The standard InChI is InChI=1S/C13H18N4O2S/c1-3-14-8-11-5-4-6-12(7-11)17-20(18,19)13-9-15-10(2)16-13/h4-7,9,14,17H,3,8H2,1-2H3,(H,15,16). The molecule has 2 aromatic rings. The summed E-state index contributed by atoms with van der Waals surface area (Å²) in [4.78, 5) is 6.61.